The highest BCUT2D eigenvalue weighted by Gasteiger charge is 2.29. The Bertz CT molecular complexity index is 751. The molecule has 1 heterocycles. The van der Waals surface area contributed by atoms with Crippen molar-refractivity contribution in [3.8, 4) is 0 Å². The van der Waals surface area contributed by atoms with Crippen molar-refractivity contribution in [3.63, 3.8) is 0 Å². The molecule has 1 saturated carbocycles. The van der Waals surface area contributed by atoms with Crippen LogP contribution in [0.4, 0.5) is 5.00 Å². The minimum atomic E-state index is -0.153. The van der Waals surface area contributed by atoms with E-state index in [2.05, 4.69) is 10.6 Å². The number of carbonyl (C=O) groups excluding carboxylic acids is 2. The molecule has 2 amide bonds. The van der Waals surface area contributed by atoms with E-state index < -0.39 is 0 Å². The molecule has 2 aromatic rings. The molecule has 4 nitrogen and oxygen atoms in total. The number of nitrogens with one attached hydrogen (secondary N) is 2. The lowest BCUT2D eigenvalue weighted by Gasteiger charge is -2.05. The lowest BCUT2D eigenvalue weighted by atomic mass is 10.1. The Labute approximate surface area is 154 Å². The maximum atomic E-state index is 12.1. The zero-order valence-electron chi connectivity index (χ0n) is 12.8. The van der Waals surface area contributed by atoms with Crippen LogP contribution in [-0.4, -0.2) is 18.4 Å². The number of halogens is 2. The second kappa shape index (κ2) is 7.55. The second-order valence-electron chi connectivity index (χ2n) is 5.71. The van der Waals surface area contributed by atoms with Crippen molar-refractivity contribution in [2.75, 3.05) is 11.9 Å². The van der Waals surface area contributed by atoms with Gasteiger partial charge in [0.25, 0.3) is 5.91 Å². The molecule has 1 aromatic heterocycles. The number of anilines is 1. The van der Waals surface area contributed by atoms with Gasteiger partial charge in [-0.2, -0.15) is 0 Å². The van der Waals surface area contributed by atoms with Crippen LogP contribution in [0.25, 0.3) is 0 Å². The van der Waals surface area contributed by atoms with E-state index in [9.17, 15) is 9.59 Å². The fourth-order valence-corrected chi connectivity index (χ4v) is 3.66. The summed E-state index contributed by atoms with van der Waals surface area (Å²) in [6.07, 6.45) is 2.55. The fraction of sp³-hybridized carbons (Fsp3) is 0.294. The second-order valence-corrected chi connectivity index (χ2v) is 7.67. The van der Waals surface area contributed by atoms with Crippen LogP contribution in [0.15, 0.2) is 30.3 Å². The van der Waals surface area contributed by atoms with Gasteiger partial charge in [-0.15, -0.1) is 11.3 Å². The summed E-state index contributed by atoms with van der Waals surface area (Å²) in [5.74, 6) is 0.0376. The third kappa shape index (κ3) is 4.72. The summed E-state index contributed by atoms with van der Waals surface area (Å²) >= 11 is 13.2. The molecule has 0 unspecified atom stereocenters. The summed E-state index contributed by atoms with van der Waals surface area (Å²) in [7, 11) is 0. The molecule has 1 aliphatic carbocycles. The highest BCUT2D eigenvalue weighted by atomic mass is 35.5. The molecule has 0 radical (unpaired) electrons. The topological polar surface area (TPSA) is 58.2 Å². The van der Waals surface area contributed by atoms with Crippen LogP contribution in [0.1, 0.15) is 28.1 Å². The van der Waals surface area contributed by atoms with Gasteiger partial charge < -0.3 is 10.6 Å². The van der Waals surface area contributed by atoms with Crippen molar-refractivity contribution >= 4 is 51.4 Å². The van der Waals surface area contributed by atoms with E-state index in [0.717, 1.165) is 18.4 Å². The van der Waals surface area contributed by atoms with Crippen LogP contribution in [-0.2, 0) is 11.2 Å². The van der Waals surface area contributed by atoms with Crippen LogP contribution >= 0.6 is 34.5 Å². The third-order valence-electron chi connectivity index (χ3n) is 3.65. The third-order valence-corrected chi connectivity index (χ3v) is 5.08. The first kappa shape index (κ1) is 17.3. The molecule has 2 N–H and O–H groups in total. The number of thiophene rings is 1. The minimum absolute atomic E-state index is 0.0432. The zero-order valence-corrected chi connectivity index (χ0v) is 15.1. The quantitative estimate of drug-likeness (QED) is 0.778. The Balaban J connectivity index is 1.49. The Kier molecular flexibility index (Phi) is 5.43. The number of rotatable bonds is 6. The van der Waals surface area contributed by atoms with E-state index in [1.165, 1.54) is 11.3 Å². The maximum absolute atomic E-state index is 12.1. The summed E-state index contributed by atoms with van der Waals surface area (Å²) in [4.78, 5) is 24.4. The predicted octanol–water partition coefficient (Wildman–Crippen LogP) is 4.38. The molecule has 0 aliphatic heterocycles. The van der Waals surface area contributed by atoms with Crippen LogP contribution in [0, 0.1) is 5.92 Å². The van der Waals surface area contributed by atoms with Crippen LogP contribution in [0.3, 0.4) is 0 Å². The molecule has 24 heavy (non-hydrogen) atoms. The average Bonchev–Trinajstić information content (AvgIpc) is 3.26. The summed E-state index contributed by atoms with van der Waals surface area (Å²) < 4.78 is 0. The molecule has 0 spiro atoms. The van der Waals surface area contributed by atoms with E-state index in [4.69, 9.17) is 23.2 Å². The van der Waals surface area contributed by atoms with Gasteiger partial charge in [0.2, 0.25) is 5.91 Å². The monoisotopic (exact) mass is 382 g/mol. The van der Waals surface area contributed by atoms with Gasteiger partial charge in [-0.3, -0.25) is 9.59 Å². The smallest absolute Gasteiger partial charge is 0.261 e. The highest BCUT2D eigenvalue weighted by molar-refractivity contribution is 7.18. The van der Waals surface area contributed by atoms with Crippen molar-refractivity contribution in [2.24, 2.45) is 5.92 Å². The Hall–Kier alpha value is -1.56. The summed E-state index contributed by atoms with van der Waals surface area (Å²) in [6.45, 7) is 0.483. The van der Waals surface area contributed by atoms with Gasteiger partial charge >= 0.3 is 0 Å². The van der Waals surface area contributed by atoms with Gasteiger partial charge in [0.05, 0.1) is 9.88 Å². The average molecular weight is 383 g/mol. The van der Waals surface area contributed by atoms with Gasteiger partial charge in [0.1, 0.15) is 0 Å². The van der Waals surface area contributed by atoms with Gasteiger partial charge in [-0.05, 0) is 55.2 Å². The number of benzene rings is 1. The molecule has 3 rings (SSSR count). The van der Waals surface area contributed by atoms with Crippen molar-refractivity contribution in [1.29, 1.82) is 0 Å². The lowest BCUT2D eigenvalue weighted by Crippen LogP contribution is -2.24. The van der Waals surface area contributed by atoms with Crippen LogP contribution < -0.4 is 10.6 Å². The molecule has 0 saturated heterocycles. The summed E-state index contributed by atoms with van der Waals surface area (Å²) in [6, 6.07) is 8.82. The molecule has 1 aliphatic rings. The number of hydrogen-bond acceptors (Lipinski definition) is 3. The largest absolute Gasteiger partial charge is 0.351 e. The fourth-order valence-electron chi connectivity index (χ4n) is 2.26. The number of amides is 2. The van der Waals surface area contributed by atoms with Crippen LogP contribution in [0.2, 0.25) is 10.0 Å². The summed E-state index contributed by atoms with van der Waals surface area (Å²) in [5.41, 5.74) is 0.969. The van der Waals surface area contributed by atoms with Gasteiger partial charge in [-0.25, -0.2) is 0 Å². The molecular formula is C17H16Cl2N2O2S. The Morgan fingerprint density at radius 1 is 1.12 bits per heavy atom. The lowest BCUT2D eigenvalue weighted by molar-refractivity contribution is -0.117. The van der Waals surface area contributed by atoms with E-state index >= 15 is 0 Å². The first-order chi connectivity index (χ1) is 11.5. The van der Waals surface area contributed by atoms with E-state index in [0.29, 0.717) is 32.9 Å². The molecule has 0 atom stereocenters. The molecular weight excluding hydrogens is 367 g/mol. The molecule has 1 fully saturated rings. The highest BCUT2D eigenvalue weighted by Crippen LogP contribution is 2.31. The van der Waals surface area contributed by atoms with E-state index in [1.54, 1.807) is 18.2 Å². The Morgan fingerprint density at radius 2 is 1.83 bits per heavy atom. The standard InChI is InChI=1S/C17H16Cl2N2O2S/c18-12-7-10(8-13(19)9-12)5-6-20-17(23)14-3-4-15(24-14)21-16(22)11-1-2-11/h3-4,7-9,11H,1-2,5-6H2,(H,20,23)(H,21,22). The van der Waals surface area contributed by atoms with Crippen molar-refractivity contribution in [2.45, 2.75) is 19.3 Å². The predicted molar refractivity (Wildman–Crippen MR) is 98.2 cm³/mol. The first-order valence-electron chi connectivity index (χ1n) is 7.65. The zero-order chi connectivity index (χ0) is 17.1. The number of hydrogen-bond donors (Lipinski definition) is 2. The van der Waals surface area contributed by atoms with Crippen molar-refractivity contribution < 1.29 is 9.59 Å². The Morgan fingerprint density at radius 3 is 2.50 bits per heavy atom. The molecule has 126 valence electrons. The van der Waals surface area contributed by atoms with E-state index in [1.807, 2.05) is 12.1 Å². The van der Waals surface area contributed by atoms with Gasteiger partial charge in [0.15, 0.2) is 0 Å². The SMILES string of the molecule is O=C(NCCc1cc(Cl)cc(Cl)c1)c1ccc(NC(=O)C2CC2)s1. The van der Waals surface area contributed by atoms with Gasteiger partial charge in [-0.1, -0.05) is 23.2 Å². The molecule has 1 aromatic carbocycles. The van der Waals surface area contributed by atoms with Crippen molar-refractivity contribution in [1.82, 2.24) is 5.32 Å². The first-order valence-corrected chi connectivity index (χ1v) is 9.22. The van der Waals surface area contributed by atoms with Crippen LogP contribution in [0.5, 0.6) is 0 Å². The van der Waals surface area contributed by atoms with E-state index in [-0.39, 0.29) is 17.7 Å². The molecule has 7 heteroatoms. The maximum Gasteiger partial charge on any atom is 0.261 e. The normalized spacial score (nSPS) is 13.6. The summed E-state index contributed by atoms with van der Waals surface area (Å²) in [5, 5.41) is 7.57. The molecule has 0 bridgehead atoms. The van der Waals surface area contributed by atoms with Crippen molar-refractivity contribution in [3.05, 3.63) is 50.8 Å². The van der Waals surface area contributed by atoms with Gasteiger partial charge in [0, 0.05) is 22.5 Å². The minimum Gasteiger partial charge on any atom is -0.351 e. The number of carbonyl (C=O) groups is 2.